The number of aliphatic hydroxyl groups excluding tert-OH is 1. The number of aromatic hydroxyl groups is 1. The summed E-state index contributed by atoms with van der Waals surface area (Å²) < 4.78 is 5.94. The summed E-state index contributed by atoms with van der Waals surface area (Å²) in [5, 5.41) is 29.2. The van der Waals surface area contributed by atoms with Crippen LogP contribution in [0.1, 0.15) is 89.8 Å². The molecule has 19 nitrogen and oxygen atoms in total. The molecule has 0 unspecified atom stereocenters. The van der Waals surface area contributed by atoms with Crippen LogP contribution in [-0.4, -0.2) is 159 Å². The van der Waals surface area contributed by atoms with Gasteiger partial charge in [0, 0.05) is 40.3 Å². The van der Waals surface area contributed by atoms with Gasteiger partial charge < -0.3 is 50.5 Å². The predicted molar refractivity (Wildman–Crippen MR) is 233 cm³/mol. The Bertz CT molecular complexity index is 2030. The van der Waals surface area contributed by atoms with Crippen molar-refractivity contribution < 1.29 is 53.3 Å². The molecule has 7 amide bonds. The van der Waals surface area contributed by atoms with Crippen LogP contribution in [0.5, 0.6) is 5.75 Å². The van der Waals surface area contributed by atoms with Crippen molar-refractivity contribution in [3.8, 4) is 5.75 Å². The molecule has 2 aliphatic heterocycles. The van der Waals surface area contributed by atoms with E-state index in [1.54, 1.807) is 58.0 Å². The molecule has 350 valence electrons. The van der Waals surface area contributed by atoms with E-state index in [4.69, 9.17) is 4.74 Å². The fourth-order valence-corrected chi connectivity index (χ4v) is 7.99. The molecular formula is C45H64N8O11. The average molecular weight is 893 g/mol. The third-order valence-corrected chi connectivity index (χ3v) is 12.0. The lowest BCUT2D eigenvalue weighted by Gasteiger charge is -2.37. The van der Waals surface area contributed by atoms with Crippen LogP contribution in [0, 0.1) is 17.8 Å². The van der Waals surface area contributed by atoms with E-state index in [0.717, 1.165) is 14.7 Å². The zero-order valence-electron chi connectivity index (χ0n) is 38.3. The maximum atomic E-state index is 14.5. The number of fused-ring (bicyclic) bond motifs is 1. The first-order valence-electron chi connectivity index (χ1n) is 21.7. The standard InChI is InChI=1S/C45H64N8O11/c1-11-30-42(60)52(10)38(28-16-13-12-14-17-28)45(63)64-27(7)35(49-40(58)36-33(55)18-15-19-46-36)39(57)48-31(20-24(2)3)43(61)53-22-29(54)21-32(53)44(62)50(8)23-34(56)51(9)37(41(59)47-30)26(6)25(4)5/h12-19,24-27,29-32,35,37-38,54-55H,11,20-23H2,1-10H3,(H,47,59)(H,48,57)(H,49,58)/t26-,27-,29+,30+,31+,32+,35-,37+,38+/m0/s1. The van der Waals surface area contributed by atoms with Crippen LogP contribution in [0.3, 0.4) is 0 Å². The number of cyclic esters (lactones) is 1. The van der Waals surface area contributed by atoms with Crippen molar-refractivity contribution in [2.45, 2.75) is 116 Å². The molecule has 1 aromatic carbocycles. The number of carbonyl (C=O) groups is 8. The Hall–Kier alpha value is -6.11. The number of nitrogens with one attached hydrogen (secondary N) is 3. The van der Waals surface area contributed by atoms with E-state index < -0.39 is 120 Å². The Morgan fingerprint density at radius 3 is 2.11 bits per heavy atom. The van der Waals surface area contributed by atoms with Crippen LogP contribution >= 0.6 is 0 Å². The van der Waals surface area contributed by atoms with Crippen molar-refractivity contribution >= 4 is 47.3 Å². The number of esters is 1. The van der Waals surface area contributed by atoms with E-state index in [1.807, 2.05) is 13.8 Å². The fraction of sp³-hybridized carbons (Fsp3) is 0.578. The van der Waals surface area contributed by atoms with Crippen LogP contribution in [0.25, 0.3) is 0 Å². The van der Waals surface area contributed by atoms with Crippen molar-refractivity contribution in [2.24, 2.45) is 17.8 Å². The van der Waals surface area contributed by atoms with Crippen molar-refractivity contribution in [3.63, 3.8) is 0 Å². The molecule has 5 N–H and O–H groups in total. The summed E-state index contributed by atoms with van der Waals surface area (Å²) >= 11 is 0. The second-order valence-corrected chi connectivity index (χ2v) is 17.5. The van der Waals surface area contributed by atoms with Gasteiger partial charge in [0.05, 0.1) is 12.6 Å². The largest absolute Gasteiger partial charge is 0.505 e. The first-order chi connectivity index (χ1) is 30.1. The number of pyridine rings is 1. The molecule has 2 saturated heterocycles. The first-order valence-corrected chi connectivity index (χ1v) is 21.7. The summed E-state index contributed by atoms with van der Waals surface area (Å²) in [4.78, 5) is 122. The highest BCUT2D eigenvalue weighted by Gasteiger charge is 2.45. The Labute approximate surface area is 374 Å². The average Bonchev–Trinajstić information content (AvgIpc) is 3.64. The minimum atomic E-state index is -1.74. The summed E-state index contributed by atoms with van der Waals surface area (Å²) in [6, 6.07) is 2.70. The number of benzene rings is 1. The van der Waals surface area contributed by atoms with E-state index in [9.17, 15) is 48.6 Å². The van der Waals surface area contributed by atoms with Gasteiger partial charge in [-0.05, 0) is 55.2 Å². The van der Waals surface area contributed by atoms with Gasteiger partial charge in [-0.2, -0.15) is 0 Å². The maximum absolute atomic E-state index is 14.5. The van der Waals surface area contributed by atoms with E-state index in [1.165, 1.54) is 51.3 Å². The summed E-state index contributed by atoms with van der Waals surface area (Å²) in [6.45, 7) is 11.4. The summed E-state index contributed by atoms with van der Waals surface area (Å²) in [5.74, 6) is -7.67. The third kappa shape index (κ3) is 11.9. The molecule has 0 spiro atoms. The minimum absolute atomic E-state index is 0.0339. The SMILES string of the molecule is CC[C@H]1NC(=O)[C@@H]([C@@H](C)C(C)C)N(C)C(=O)CN(C)C(=O)[C@H]2C[C@@H](O)CN2C(=O)[C@@H](CC(C)C)NC(=O)[C@@H](NC(=O)c2ncccc2O)[C@H](C)OC(=O)[C@@H](c2ccccc2)N(C)C1=O. The topological polar surface area (TPSA) is 248 Å². The van der Waals surface area contributed by atoms with Gasteiger partial charge in [0.15, 0.2) is 11.7 Å². The highest BCUT2D eigenvalue weighted by molar-refractivity contribution is 6.00. The van der Waals surface area contributed by atoms with Gasteiger partial charge in [0.1, 0.15) is 42.1 Å². The van der Waals surface area contributed by atoms with E-state index in [2.05, 4.69) is 20.9 Å². The molecule has 2 aliphatic rings. The number of hydrogen-bond acceptors (Lipinski definition) is 12. The summed E-state index contributed by atoms with van der Waals surface area (Å²) in [6.07, 6.45) is -1.44. The van der Waals surface area contributed by atoms with E-state index in [0.29, 0.717) is 5.56 Å². The molecular weight excluding hydrogens is 829 g/mol. The van der Waals surface area contributed by atoms with Crippen molar-refractivity contribution in [1.29, 1.82) is 0 Å². The Balaban J connectivity index is 1.88. The number of hydrogen-bond donors (Lipinski definition) is 5. The fourth-order valence-electron chi connectivity index (χ4n) is 7.99. The highest BCUT2D eigenvalue weighted by Crippen LogP contribution is 2.27. The number of aliphatic hydroxyl groups is 1. The van der Waals surface area contributed by atoms with Crippen LogP contribution < -0.4 is 16.0 Å². The zero-order chi connectivity index (χ0) is 47.7. The second kappa shape index (κ2) is 22.0. The normalized spacial score (nSPS) is 26.8. The first kappa shape index (κ1) is 50.5. The number of carbonyl (C=O) groups excluding carboxylic acids is 8. The molecule has 2 aromatic rings. The lowest BCUT2D eigenvalue weighted by atomic mass is 9.88. The van der Waals surface area contributed by atoms with E-state index >= 15 is 0 Å². The molecule has 19 heteroatoms. The number of likely N-dealkylation sites (N-methyl/N-ethyl adjacent to an activating group) is 3. The summed E-state index contributed by atoms with van der Waals surface area (Å²) in [7, 11) is 4.16. The van der Waals surface area contributed by atoms with Gasteiger partial charge in [-0.1, -0.05) is 71.9 Å². The number of rotatable bonds is 8. The molecule has 3 heterocycles. The van der Waals surface area contributed by atoms with Gasteiger partial charge in [0.25, 0.3) is 5.91 Å². The number of nitrogens with zero attached hydrogens (tertiary/aromatic N) is 5. The molecule has 0 aliphatic carbocycles. The lowest BCUT2D eigenvalue weighted by molar-refractivity contribution is -0.161. The molecule has 4 rings (SSSR count). The second-order valence-electron chi connectivity index (χ2n) is 17.5. The molecule has 64 heavy (non-hydrogen) atoms. The van der Waals surface area contributed by atoms with E-state index in [-0.39, 0.29) is 37.6 Å². The van der Waals surface area contributed by atoms with Crippen LogP contribution in [0.15, 0.2) is 48.7 Å². The van der Waals surface area contributed by atoms with Gasteiger partial charge in [-0.3, -0.25) is 33.6 Å². The van der Waals surface area contributed by atoms with Gasteiger partial charge in [-0.25, -0.2) is 9.78 Å². The molecule has 1 aromatic heterocycles. The molecule has 9 atom stereocenters. The van der Waals surface area contributed by atoms with Crippen molar-refractivity contribution in [1.82, 2.24) is 40.5 Å². The number of ether oxygens (including phenoxy) is 1. The van der Waals surface area contributed by atoms with Crippen molar-refractivity contribution in [2.75, 3.05) is 34.2 Å². The zero-order valence-corrected chi connectivity index (χ0v) is 38.3. The Morgan fingerprint density at radius 1 is 0.875 bits per heavy atom. The van der Waals surface area contributed by atoms with Crippen LogP contribution in [0.2, 0.25) is 0 Å². The monoisotopic (exact) mass is 892 g/mol. The highest BCUT2D eigenvalue weighted by atomic mass is 16.5. The molecule has 0 saturated carbocycles. The van der Waals surface area contributed by atoms with Gasteiger partial charge >= 0.3 is 5.97 Å². The van der Waals surface area contributed by atoms with Crippen LogP contribution in [0.4, 0.5) is 0 Å². The van der Waals surface area contributed by atoms with Gasteiger partial charge in [-0.15, -0.1) is 0 Å². The Kier molecular flexibility index (Phi) is 17.4. The Morgan fingerprint density at radius 2 is 1.52 bits per heavy atom. The molecule has 0 radical (unpaired) electrons. The predicted octanol–water partition coefficient (Wildman–Crippen LogP) is 0.996. The summed E-state index contributed by atoms with van der Waals surface area (Å²) in [5.41, 5.74) is -0.136. The van der Waals surface area contributed by atoms with Crippen LogP contribution in [-0.2, 0) is 38.3 Å². The smallest absolute Gasteiger partial charge is 0.333 e. The number of aromatic nitrogens is 1. The lowest BCUT2D eigenvalue weighted by Crippen LogP contribution is -2.60. The minimum Gasteiger partial charge on any atom is -0.505 e. The third-order valence-electron chi connectivity index (χ3n) is 12.0. The maximum Gasteiger partial charge on any atom is 0.333 e. The van der Waals surface area contributed by atoms with Gasteiger partial charge in [0.2, 0.25) is 35.4 Å². The molecule has 0 bridgehead atoms. The number of amides is 7. The van der Waals surface area contributed by atoms with Crippen molar-refractivity contribution in [3.05, 3.63) is 59.9 Å². The molecule has 2 fully saturated rings. The quantitative estimate of drug-likeness (QED) is 0.233.